The molecule has 0 radical (unpaired) electrons. The van der Waals surface area contributed by atoms with Crippen LogP contribution < -0.4 is 5.32 Å². The zero-order valence-corrected chi connectivity index (χ0v) is 13.7. The van der Waals surface area contributed by atoms with E-state index in [-0.39, 0.29) is 0 Å². The lowest BCUT2D eigenvalue weighted by Crippen LogP contribution is -2.01. The predicted molar refractivity (Wildman–Crippen MR) is 90.8 cm³/mol. The number of anilines is 1. The third-order valence-electron chi connectivity index (χ3n) is 3.18. The number of fused-ring (bicyclic) bond motifs is 1. The van der Waals surface area contributed by atoms with Crippen molar-refractivity contribution in [1.82, 2.24) is 9.97 Å². The summed E-state index contributed by atoms with van der Waals surface area (Å²) in [7, 11) is 0. The third kappa shape index (κ3) is 3.34. The number of nitrogens with zero attached hydrogens (tertiary/aromatic N) is 2. The fourth-order valence-corrected chi connectivity index (χ4v) is 2.63. The number of benzene rings is 1. The van der Waals surface area contributed by atoms with E-state index in [1.54, 1.807) is 6.20 Å². The lowest BCUT2D eigenvalue weighted by molar-refractivity contribution is 1.14. The number of hydrogen-bond donors (Lipinski definition) is 1. The molecule has 5 heteroatoms. The Morgan fingerprint density at radius 2 is 2.05 bits per heavy atom. The van der Waals surface area contributed by atoms with Crippen LogP contribution in [-0.2, 0) is 6.54 Å². The molecule has 0 aliphatic rings. The van der Waals surface area contributed by atoms with Crippen LogP contribution in [0.4, 0.5) is 5.69 Å². The summed E-state index contributed by atoms with van der Waals surface area (Å²) in [4.78, 5) is 8.60. The highest BCUT2D eigenvalue weighted by molar-refractivity contribution is 9.10. The van der Waals surface area contributed by atoms with Crippen LogP contribution in [0.2, 0.25) is 5.15 Å². The van der Waals surface area contributed by atoms with Crippen LogP contribution in [0.25, 0.3) is 10.9 Å². The van der Waals surface area contributed by atoms with Crippen LogP contribution >= 0.6 is 27.5 Å². The largest absolute Gasteiger partial charge is 0.378 e. The first-order chi connectivity index (χ1) is 10.1. The van der Waals surface area contributed by atoms with Gasteiger partial charge in [0, 0.05) is 28.3 Å². The van der Waals surface area contributed by atoms with Crippen LogP contribution in [0.3, 0.4) is 0 Å². The first-order valence-electron chi connectivity index (χ1n) is 6.53. The Hall–Kier alpha value is -1.65. The van der Waals surface area contributed by atoms with Crippen molar-refractivity contribution in [1.29, 1.82) is 0 Å². The summed E-state index contributed by atoms with van der Waals surface area (Å²) in [5.74, 6) is 0. The molecule has 1 aromatic carbocycles. The van der Waals surface area contributed by atoms with Gasteiger partial charge in [-0.15, -0.1) is 0 Å². The molecule has 0 saturated carbocycles. The van der Waals surface area contributed by atoms with Crippen molar-refractivity contribution < 1.29 is 0 Å². The quantitative estimate of drug-likeness (QED) is 0.669. The molecule has 21 heavy (non-hydrogen) atoms. The van der Waals surface area contributed by atoms with E-state index >= 15 is 0 Å². The van der Waals surface area contributed by atoms with Gasteiger partial charge in [0.05, 0.1) is 11.2 Å². The number of halogens is 2. The number of pyridine rings is 2. The Balaban J connectivity index is 1.82. The molecule has 3 rings (SSSR count). The lowest BCUT2D eigenvalue weighted by Gasteiger charge is -2.09. The van der Waals surface area contributed by atoms with Crippen molar-refractivity contribution in [3.05, 3.63) is 63.5 Å². The topological polar surface area (TPSA) is 37.8 Å². The third-order valence-corrected chi connectivity index (χ3v) is 3.92. The average molecular weight is 363 g/mol. The second-order valence-corrected chi connectivity index (χ2v) is 6.10. The Bertz CT molecular complexity index is 805. The molecule has 0 aliphatic heterocycles. The molecular weight excluding hydrogens is 350 g/mol. The molecule has 0 atom stereocenters. The zero-order chi connectivity index (χ0) is 14.8. The van der Waals surface area contributed by atoms with E-state index in [1.165, 1.54) is 5.56 Å². The smallest absolute Gasteiger partial charge is 0.152 e. The number of nitrogens with one attached hydrogen (secondary N) is 1. The maximum Gasteiger partial charge on any atom is 0.152 e. The summed E-state index contributed by atoms with van der Waals surface area (Å²) in [6.07, 6.45) is 1.68. The highest BCUT2D eigenvalue weighted by Gasteiger charge is 2.03. The van der Waals surface area contributed by atoms with Crippen LogP contribution in [0.15, 0.2) is 47.1 Å². The van der Waals surface area contributed by atoms with Gasteiger partial charge >= 0.3 is 0 Å². The number of hydrogen-bond acceptors (Lipinski definition) is 3. The van der Waals surface area contributed by atoms with Gasteiger partial charge in [-0.1, -0.05) is 23.7 Å². The molecule has 0 amide bonds. The van der Waals surface area contributed by atoms with Crippen molar-refractivity contribution in [3.63, 3.8) is 0 Å². The van der Waals surface area contributed by atoms with E-state index in [0.717, 1.165) is 26.8 Å². The summed E-state index contributed by atoms with van der Waals surface area (Å²) >= 11 is 9.46. The van der Waals surface area contributed by atoms with Crippen molar-refractivity contribution in [2.45, 2.75) is 13.5 Å². The summed E-state index contributed by atoms with van der Waals surface area (Å²) in [6, 6.07) is 12.3. The summed E-state index contributed by atoms with van der Waals surface area (Å²) in [6.45, 7) is 2.68. The normalized spacial score (nSPS) is 10.8. The van der Waals surface area contributed by atoms with Gasteiger partial charge in [-0.2, -0.15) is 0 Å². The molecule has 0 aliphatic carbocycles. The first-order valence-corrected chi connectivity index (χ1v) is 7.70. The fourth-order valence-electron chi connectivity index (χ4n) is 2.13. The van der Waals surface area contributed by atoms with Crippen molar-refractivity contribution >= 4 is 44.1 Å². The summed E-state index contributed by atoms with van der Waals surface area (Å²) in [5.41, 5.74) is 4.03. The zero-order valence-electron chi connectivity index (χ0n) is 11.4. The molecule has 106 valence electrons. The van der Waals surface area contributed by atoms with E-state index in [9.17, 15) is 0 Å². The Morgan fingerprint density at radius 3 is 2.90 bits per heavy atom. The molecular formula is C16H13BrClN3. The highest BCUT2D eigenvalue weighted by Crippen LogP contribution is 2.24. The van der Waals surface area contributed by atoms with Crippen molar-refractivity contribution in [3.8, 4) is 0 Å². The molecule has 0 saturated heterocycles. The molecule has 2 heterocycles. The van der Waals surface area contributed by atoms with E-state index < -0.39 is 0 Å². The molecule has 3 aromatic rings. The summed E-state index contributed by atoms with van der Waals surface area (Å²) < 4.78 is 0.896. The Labute approximate surface area is 136 Å². The number of rotatable bonds is 3. The van der Waals surface area contributed by atoms with Gasteiger partial charge in [0.25, 0.3) is 0 Å². The van der Waals surface area contributed by atoms with Gasteiger partial charge in [0.1, 0.15) is 0 Å². The molecule has 0 spiro atoms. The summed E-state index contributed by atoms with van der Waals surface area (Å²) in [5, 5.41) is 4.91. The van der Waals surface area contributed by atoms with Crippen molar-refractivity contribution in [2.24, 2.45) is 0 Å². The van der Waals surface area contributed by atoms with Gasteiger partial charge < -0.3 is 5.32 Å². The molecule has 3 nitrogen and oxygen atoms in total. The number of aromatic nitrogens is 2. The maximum absolute atomic E-state index is 6.07. The van der Waals surface area contributed by atoms with E-state index in [2.05, 4.69) is 49.4 Å². The van der Waals surface area contributed by atoms with Crippen LogP contribution in [-0.4, -0.2) is 9.97 Å². The van der Waals surface area contributed by atoms with Crippen LogP contribution in [0, 0.1) is 6.92 Å². The van der Waals surface area contributed by atoms with Gasteiger partial charge in [-0.3, -0.25) is 4.98 Å². The van der Waals surface area contributed by atoms with Gasteiger partial charge in [0.2, 0.25) is 0 Å². The van der Waals surface area contributed by atoms with Crippen LogP contribution in [0.5, 0.6) is 0 Å². The standard InChI is InChI=1S/C16H13BrClN3/c1-10-2-4-12-6-11(3-5-14(12)21-10)8-19-15-7-13(17)9-20-16(15)18/h2-7,9,19H,8H2,1H3. The molecule has 0 fully saturated rings. The first kappa shape index (κ1) is 14.3. The second kappa shape index (κ2) is 6.00. The maximum atomic E-state index is 6.07. The minimum absolute atomic E-state index is 0.469. The van der Waals surface area contributed by atoms with E-state index in [0.29, 0.717) is 11.7 Å². The van der Waals surface area contributed by atoms with Crippen molar-refractivity contribution in [2.75, 3.05) is 5.32 Å². The molecule has 2 aromatic heterocycles. The van der Waals surface area contributed by atoms with E-state index in [4.69, 9.17) is 11.6 Å². The van der Waals surface area contributed by atoms with E-state index in [1.807, 2.05) is 25.1 Å². The minimum atomic E-state index is 0.469. The minimum Gasteiger partial charge on any atom is -0.378 e. The van der Waals surface area contributed by atoms with Gasteiger partial charge in [-0.05, 0) is 52.7 Å². The molecule has 0 bridgehead atoms. The monoisotopic (exact) mass is 361 g/mol. The van der Waals surface area contributed by atoms with Gasteiger partial charge in [-0.25, -0.2) is 4.98 Å². The predicted octanol–water partition coefficient (Wildman–Crippen LogP) is 4.97. The average Bonchev–Trinajstić information content (AvgIpc) is 2.48. The Morgan fingerprint density at radius 1 is 1.19 bits per heavy atom. The fraction of sp³-hybridized carbons (Fsp3) is 0.125. The molecule has 0 unspecified atom stereocenters. The Kier molecular flexibility index (Phi) is 4.08. The number of aryl methyl sites for hydroxylation is 1. The molecule has 1 N–H and O–H groups in total. The second-order valence-electron chi connectivity index (χ2n) is 4.83. The van der Waals surface area contributed by atoms with Gasteiger partial charge in [0.15, 0.2) is 5.15 Å². The SMILES string of the molecule is Cc1ccc2cc(CNc3cc(Br)cnc3Cl)ccc2n1. The highest BCUT2D eigenvalue weighted by atomic mass is 79.9. The lowest BCUT2D eigenvalue weighted by atomic mass is 10.1. The van der Waals surface area contributed by atoms with Crippen LogP contribution in [0.1, 0.15) is 11.3 Å².